The van der Waals surface area contributed by atoms with Gasteiger partial charge in [-0.25, -0.2) is 5.43 Å². The van der Waals surface area contributed by atoms with Crippen LogP contribution in [-0.4, -0.2) is 30.4 Å². The highest BCUT2D eigenvalue weighted by Gasteiger charge is 2.06. The van der Waals surface area contributed by atoms with Gasteiger partial charge in [-0.3, -0.25) is 4.79 Å². The standard InChI is InChI=1S/C18H20N2O4/c1-3-23-16-9-5-7-14(18(16)22)11-19-20-17(21)12-24-15-8-4-6-13(2)10-15/h4-11,22H,3,12H2,1-2H3,(H,20,21)/b19-11-. The monoisotopic (exact) mass is 328 g/mol. The lowest BCUT2D eigenvalue weighted by molar-refractivity contribution is -0.123. The molecule has 6 heteroatoms. The molecule has 2 aromatic rings. The van der Waals surface area contributed by atoms with E-state index in [1.54, 1.807) is 24.3 Å². The molecule has 0 saturated carbocycles. The molecule has 0 radical (unpaired) electrons. The first-order valence-corrected chi connectivity index (χ1v) is 7.56. The average molecular weight is 328 g/mol. The van der Waals surface area contributed by atoms with Crippen LogP contribution in [0, 0.1) is 6.92 Å². The number of hydrogen-bond donors (Lipinski definition) is 2. The highest BCUT2D eigenvalue weighted by molar-refractivity contribution is 5.86. The quantitative estimate of drug-likeness (QED) is 0.605. The number of ether oxygens (including phenoxy) is 2. The summed E-state index contributed by atoms with van der Waals surface area (Å²) in [6, 6.07) is 12.5. The third-order valence-electron chi connectivity index (χ3n) is 3.08. The second-order valence-corrected chi connectivity index (χ2v) is 5.03. The van der Waals surface area contributed by atoms with Gasteiger partial charge in [0.2, 0.25) is 0 Å². The van der Waals surface area contributed by atoms with Crippen molar-refractivity contribution >= 4 is 12.1 Å². The van der Waals surface area contributed by atoms with Crippen molar-refractivity contribution in [1.29, 1.82) is 0 Å². The van der Waals surface area contributed by atoms with Crippen molar-refractivity contribution in [2.75, 3.05) is 13.2 Å². The fraction of sp³-hybridized carbons (Fsp3) is 0.222. The van der Waals surface area contributed by atoms with E-state index in [-0.39, 0.29) is 12.4 Å². The van der Waals surface area contributed by atoms with E-state index in [2.05, 4.69) is 10.5 Å². The van der Waals surface area contributed by atoms with Crippen LogP contribution in [0.4, 0.5) is 0 Å². The van der Waals surface area contributed by atoms with Crippen LogP contribution in [0.5, 0.6) is 17.2 Å². The Morgan fingerprint density at radius 1 is 1.25 bits per heavy atom. The van der Waals surface area contributed by atoms with E-state index in [1.807, 2.05) is 32.0 Å². The van der Waals surface area contributed by atoms with Crippen LogP contribution in [0.25, 0.3) is 0 Å². The van der Waals surface area contributed by atoms with E-state index in [1.165, 1.54) is 6.21 Å². The number of nitrogens with zero attached hydrogens (tertiary/aromatic N) is 1. The lowest BCUT2D eigenvalue weighted by atomic mass is 10.2. The molecule has 0 heterocycles. The van der Waals surface area contributed by atoms with Gasteiger partial charge in [-0.15, -0.1) is 0 Å². The van der Waals surface area contributed by atoms with E-state index in [9.17, 15) is 9.90 Å². The van der Waals surface area contributed by atoms with Crippen molar-refractivity contribution in [2.45, 2.75) is 13.8 Å². The summed E-state index contributed by atoms with van der Waals surface area (Å²) in [5.74, 6) is 0.577. The highest BCUT2D eigenvalue weighted by atomic mass is 16.5. The predicted octanol–water partition coefficient (Wildman–Crippen LogP) is 2.63. The number of carbonyl (C=O) groups excluding carboxylic acids is 1. The zero-order chi connectivity index (χ0) is 17.4. The zero-order valence-electron chi connectivity index (χ0n) is 13.7. The molecule has 0 aromatic heterocycles. The van der Waals surface area contributed by atoms with Gasteiger partial charge in [-0.1, -0.05) is 18.2 Å². The van der Waals surface area contributed by atoms with Crippen molar-refractivity contribution in [1.82, 2.24) is 5.43 Å². The summed E-state index contributed by atoms with van der Waals surface area (Å²) < 4.78 is 10.7. The number of nitrogens with one attached hydrogen (secondary N) is 1. The number of benzene rings is 2. The molecule has 0 aliphatic carbocycles. The van der Waals surface area contributed by atoms with Crippen molar-refractivity contribution in [2.24, 2.45) is 5.10 Å². The van der Waals surface area contributed by atoms with Gasteiger partial charge in [0.05, 0.1) is 12.8 Å². The summed E-state index contributed by atoms with van der Waals surface area (Å²) in [5.41, 5.74) is 3.84. The van der Waals surface area contributed by atoms with Crippen LogP contribution in [0.3, 0.4) is 0 Å². The van der Waals surface area contributed by atoms with Crippen LogP contribution in [0.1, 0.15) is 18.1 Å². The highest BCUT2D eigenvalue weighted by Crippen LogP contribution is 2.28. The normalized spacial score (nSPS) is 10.6. The Morgan fingerprint density at radius 2 is 2.04 bits per heavy atom. The van der Waals surface area contributed by atoms with Crippen LogP contribution >= 0.6 is 0 Å². The molecule has 0 fully saturated rings. The Balaban J connectivity index is 1.87. The Bertz CT molecular complexity index is 729. The van der Waals surface area contributed by atoms with E-state index in [0.29, 0.717) is 23.7 Å². The molecule has 0 atom stereocenters. The SMILES string of the molecule is CCOc1cccc(/C=N\NC(=O)COc2cccc(C)c2)c1O. The van der Waals surface area contributed by atoms with Gasteiger partial charge >= 0.3 is 0 Å². The topological polar surface area (TPSA) is 80.2 Å². The van der Waals surface area contributed by atoms with Crippen molar-refractivity contribution < 1.29 is 19.4 Å². The molecule has 24 heavy (non-hydrogen) atoms. The molecule has 0 aliphatic heterocycles. The Hall–Kier alpha value is -3.02. The molecule has 2 aromatic carbocycles. The Labute approximate surface area is 140 Å². The third-order valence-corrected chi connectivity index (χ3v) is 3.08. The number of hydrogen-bond acceptors (Lipinski definition) is 5. The van der Waals surface area contributed by atoms with Gasteiger partial charge in [-0.2, -0.15) is 5.10 Å². The summed E-state index contributed by atoms with van der Waals surface area (Å²) in [5, 5.41) is 13.8. The van der Waals surface area contributed by atoms with Crippen molar-refractivity contribution in [3.05, 3.63) is 53.6 Å². The fourth-order valence-corrected chi connectivity index (χ4v) is 1.98. The lowest BCUT2D eigenvalue weighted by Crippen LogP contribution is -2.24. The van der Waals surface area contributed by atoms with Crippen molar-refractivity contribution in [3.63, 3.8) is 0 Å². The molecule has 2 rings (SSSR count). The Morgan fingerprint density at radius 3 is 2.79 bits per heavy atom. The van der Waals surface area contributed by atoms with Gasteiger partial charge in [0.1, 0.15) is 5.75 Å². The molecular formula is C18H20N2O4. The number of phenolic OH excluding ortho intramolecular Hbond substituents is 1. The number of para-hydroxylation sites is 1. The van der Waals surface area contributed by atoms with Crippen molar-refractivity contribution in [3.8, 4) is 17.2 Å². The summed E-state index contributed by atoms with van der Waals surface area (Å²) in [4.78, 5) is 11.7. The first-order valence-electron chi connectivity index (χ1n) is 7.56. The molecular weight excluding hydrogens is 308 g/mol. The molecule has 0 unspecified atom stereocenters. The molecule has 0 saturated heterocycles. The van der Waals surface area contributed by atoms with E-state index >= 15 is 0 Å². The first kappa shape index (κ1) is 17.3. The van der Waals surface area contributed by atoms with Gasteiger partial charge in [-0.05, 0) is 43.7 Å². The zero-order valence-corrected chi connectivity index (χ0v) is 13.7. The van der Waals surface area contributed by atoms with E-state index in [4.69, 9.17) is 9.47 Å². The lowest BCUT2D eigenvalue weighted by Gasteiger charge is -2.07. The van der Waals surface area contributed by atoms with Crippen LogP contribution < -0.4 is 14.9 Å². The smallest absolute Gasteiger partial charge is 0.277 e. The number of amides is 1. The molecule has 1 amide bonds. The number of aromatic hydroxyl groups is 1. The molecule has 0 bridgehead atoms. The summed E-state index contributed by atoms with van der Waals surface area (Å²) in [7, 11) is 0. The predicted molar refractivity (Wildman–Crippen MR) is 91.7 cm³/mol. The summed E-state index contributed by atoms with van der Waals surface area (Å²) >= 11 is 0. The molecule has 126 valence electrons. The van der Waals surface area contributed by atoms with Gasteiger partial charge in [0, 0.05) is 5.56 Å². The molecule has 0 spiro atoms. The minimum Gasteiger partial charge on any atom is -0.504 e. The minimum atomic E-state index is -0.395. The number of rotatable bonds is 7. The second kappa shape index (κ2) is 8.57. The molecule has 0 aliphatic rings. The second-order valence-electron chi connectivity index (χ2n) is 5.03. The molecule has 6 nitrogen and oxygen atoms in total. The number of aryl methyl sites for hydroxylation is 1. The van der Waals surface area contributed by atoms with Gasteiger partial charge in [0.25, 0.3) is 5.91 Å². The largest absolute Gasteiger partial charge is 0.504 e. The number of phenols is 1. The maximum absolute atomic E-state index is 11.7. The summed E-state index contributed by atoms with van der Waals surface area (Å²) in [6.07, 6.45) is 1.35. The number of hydrazone groups is 1. The maximum atomic E-state index is 11.7. The van der Waals surface area contributed by atoms with Gasteiger partial charge < -0.3 is 14.6 Å². The fourth-order valence-electron chi connectivity index (χ4n) is 1.98. The summed E-state index contributed by atoms with van der Waals surface area (Å²) in [6.45, 7) is 4.07. The van der Waals surface area contributed by atoms with E-state index in [0.717, 1.165) is 5.56 Å². The Kier molecular flexibility index (Phi) is 6.19. The third kappa shape index (κ3) is 5.01. The van der Waals surface area contributed by atoms with Crippen LogP contribution in [0.15, 0.2) is 47.6 Å². The first-order chi connectivity index (χ1) is 11.6. The molecule has 2 N–H and O–H groups in total. The maximum Gasteiger partial charge on any atom is 0.277 e. The van der Waals surface area contributed by atoms with Crippen LogP contribution in [-0.2, 0) is 4.79 Å². The number of carbonyl (C=O) groups is 1. The van der Waals surface area contributed by atoms with E-state index < -0.39 is 5.91 Å². The van der Waals surface area contributed by atoms with Gasteiger partial charge in [0.15, 0.2) is 18.1 Å². The van der Waals surface area contributed by atoms with Crippen LogP contribution in [0.2, 0.25) is 0 Å². The average Bonchev–Trinajstić information content (AvgIpc) is 2.56. The minimum absolute atomic E-state index is 0.0200.